The number of rotatable bonds is 5. The average molecular weight is 359 g/mol. The lowest BCUT2D eigenvalue weighted by molar-refractivity contribution is -0.126. The van der Waals surface area contributed by atoms with Crippen molar-refractivity contribution < 1.29 is 14.3 Å². The minimum Gasteiger partial charge on any atom is -0.492 e. The number of nitrogens with zero attached hydrogens (tertiary/aromatic N) is 1. The standard InChI is InChI=1S/C19H19ClN2O3/c1-12-3-6-15(7-4-12)25-10-9-22-17-8-5-14(20)11-16(17)18(19(22)24)21-13(2)23/h3-8,11,18H,9-10H2,1-2H3,(H,21,23)/t18-/m1/s1. The van der Waals surface area contributed by atoms with Gasteiger partial charge in [-0.05, 0) is 37.3 Å². The fraction of sp³-hybridized carbons (Fsp3) is 0.263. The molecule has 0 aromatic heterocycles. The number of amides is 2. The summed E-state index contributed by atoms with van der Waals surface area (Å²) in [7, 11) is 0. The Morgan fingerprint density at radius 3 is 2.64 bits per heavy atom. The van der Waals surface area contributed by atoms with Gasteiger partial charge in [0.15, 0.2) is 0 Å². The molecule has 3 rings (SSSR count). The second-order valence-corrected chi connectivity index (χ2v) is 6.42. The van der Waals surface area contributed by atoms with E-state index in [-0.39, 0.29) is 11.8 Å². The summed E-state index contributed by atoms with van der Waals surface area (Å²) in [6.45, 7) is 4.14. The van der Waals surface area contributed by atoms with Gasteiger partial charge in [0.1, 0.15) is 18.4 Å². The smallest absolute Gasteiger partial charge is 0.254 e. The molecule has 0 aliphatic carbocycles. The van der Waals surface area contributed by atoms with Crippen molar-refractivity contribution in [2.75, 3.05) is 18.1 Å². The molecule has 2 amide bonds. The van der Waals surface area contributed by atoms with Crippen molar-refractivity contribution in [3.8, 4) is 5.75 Å². The molecule has 0 radical (unpaired) electrons. The zero-order chi connectivity index (χ0) is 18.0. The molecule has 1 aliphatic heterocycles. The molecule has 0 fully saturated rings. The zero-order valence-corrected chi connectivity index (χ0v) is 14.8. The molecule has 1 atom stereocenters. The third-order valence-corrected chi connectivity index (χ3v) is 4.29. The highest BCUT2D eigenvalue weighted by atomic mass is 35.5. The molecule has 1 aliphatic rings. The fourth-order valence-electron chi connectivity index (χ4n) is 2.87. The van der Waals surface area contributed by atoms with E-state index >= 15 is 0 Å². The second kappa shape index (κ2) is 7.15. The van der Waals surface area contributed by atoms with E-state index in [0.717, 1.165) is 17.0 Å². The Hall–Kier alpha value is -2.53. The van der Waals surface area contributed by atoms with Crippen LogP contribution in [0.1, 0.15) is 24.1 Å². The third-order valence-electron chi connectivity index (χ3n) is 4.06. The first-order chi connectivity index (χ1) is 12.0. The Morgan fingerprint density at radius 1 is 1.24 bits per heavy atom. The quantitative estimate of drug-likeness (QED) is 0.892. The van der Waals surface area contributed by atoms with Crippen LogP contribution >= 0.6 is 11.6 Å². The number of halogens is 1. The van der Waals surface area contributed by atoms with Gasteiger partial charge in [0.2, 0.25) is 5.91 Å². The molecular formula is C19H19ClN2O3. The van der Waals surface area contributed by atoms with Gasteiger partial charge in [-0.3, -0.25) is 9.59 Å². The highest BCUT2D eigenvalue weighted by Gasteiger charge is 2.37. The lowest BCUT2D eigenvalue weighted by Gasteiger charge is -2.18. The summed E-state index contributed by atoms with van der Waals surface area (Å²) in [6, 6.07) is 12.3. The predicted octanol–water partition coefficient (Wildman–Crippen LogP) is 3.25. The number of aryl methyl sites for hydroxylation is 1. The van der Waals surface area contributed by atoms with E-state index in [2.05, 4.69) is 5.32 Å². The monoisotopic (exact) mass is 358 g/mol. The summed E-state index contributed by atoms with van der Waals surface area (Å²) in [4.78, 5) is 25.8. The molecule has 25 heavy (non-hydrogen) atoms. The Kier molecular flexibility index (Phi) is 4.95. The Bertz CT molecular complexity index is 805. The average Bonchev–Trinajstić information content (AvgIpc) is 2.81. The van der Waals surface area contributed by atoms with Crippen molar-refractivity contribution in [1.29, 1.82) is 0 Å². The number of ether oxygens (including phenoxy) is 1. The van der Waals surface area contributed by atoms with Crippen molar-refractivity contribution in [2.45, 2.75) is 19.9 Å². The summed E-state index contributed by atoms with van der Waals surface area (Å²) in [5.41, 5.74) is 2.62. The summed E-state index contributed by atoms with van der Waals surface area (Å²) < 4.78 is 5.72. The van der Waals surface area contributed by atoms with Crippen LogP contribution in [0.4, 0.5) is 5.69 Å². The van der Waals surface area contributed by atoms with E-state index in [1.165, 1.54) is 6.92 Å². The van der Waals surface area contributed by atoms with Crippen LogP contribution in [-0.2, 0) is 9.59 Å². The van der Waals surface area contributed by atoms with Crippen LogP contribution < -0.4 is 15.0 Å². The van der Waals surface area contributed by atoms with Crippen molar-refractivity contribution in [3.63, 3.8) is 0 Å². The molecule has 1 N–H and O–H groups in total. The van der Waals surface area contributed by atoms with E-state index in [4.69, 9.17) is 16.3 Å². The van der Waals surface area contributed by atoms with Crippen LogP contribution in [-0.4, -0.2) is 25.0 Å². The molecule has 0 unspecified atom stereocenters. The Balaban J connectivity index is 1.74. The van der Waals surface area contributed by atoms with Gasteiger partial charge in [0, 0.05) is 23.2 Å². The van der Waals surface area contributed by atoms with Gasteiger partial charge in [0.25, 0.3) is 5.91 Å². The number of hydrogen-bond donors (Lipinski definition) is 1. The minimum absolute atomic E-state index is 0.181. The lowest BCUT2D eigenvalue weighted by Crippen LogP contribution is -2.38. The predicted molar refractivity (Wildman–Crippen MR) is 97.0 cm³/mol. The minimum atomic E-state index is -0.703. The highest BCUT2D eigenvalue weighted by molar-refractivity contribution is 6.31. The number of nitrogens with one attached hydrogen (secondary N) is 1. The molecule has 0 saturated carbocycles. The summed E-state index contributed by atoms with van der Waals surface area (Å²) in [6.07, 6.45) is 0. The second-order valence-electron chi connectivity index (χ2n) is 5.99. The van der Waals surface area contributed by atoms with E-state index in [1.807, 2.05) is 31.2 Å². The molecule has 2 aromatic carbocycles. The largest absolute Gasteiger partial charge is 0.492 e. The first kappa shape index (κ1) is 17.3. The summed E-state index contributed by atoms with van der Waals surface area (Å²) >= 11 is 6.05. The Labute approximate surface area is 151 Å². The number of carbonyl (C=O) groups is 2. The molecule has 1 heterocycles. The van der Waals surface area contributed by atoms with Gasteiger partial charge in [-0.2, -0.15) is 0 Å². The van der Waals surface area contributed by atoms with Crippen LogP contribution in [0.15, 0.2) is 42.5 Å². The van der Waals surface area contributed by atoms with E-state index in [1.54, 1.807) is 23.1 Å². The van der Waals surface area contributed by atoms with Gasteiger partial charge in [0.05, 0.1) is 6.54 Å². The SMILES string of the molecule is CC(=O)N[C@H]1C(=O)N(CCOc2ccc(C)cc2)c2ccc(Cl)cc21. The maximum atomic E-state index is 12.7. The maximum Gasteiger partial charge on any atom is 0.254 e. The first-order valence-corrected chi connectivity index (χ1v) is 8.41. The van der Waals surface area contributed by atoms with Crippen LogP contribution in [0, 0.1) is 6.92 Å². The van der Waals surface area contributed by atoms with Gasteiger partial charge in [-0.15, -0.1) is 0 Å². The molecule has 5 nitrogen and oxygen atoms in total. The van der Waals surface area contributed by atoms with Crippen molar-refractivity contribution >= 4 is 29.1 Å². The number of fused-ring (bicyclic) bond motifs is 1. The van der Waals surface area contributed by atoms with E-state index in [0.29, 0.717) is 23.7 Å². The molecule has 130 valence electrons. The lowest BCUT2D eigenvalue weighted by atomic mass is 10.1. The zero-order valence-electron chi connectivity index (χ0n) is 14.1. The van der Waals surface area contributed by atoms with Gasteiger partial charge in [-0.25, -0.2) is 0 Å². The normalized spacial score (nSPS) is 15.9. The molecular weight excluding hydrogens is 340 g/mol. The number of anilines is 1. The van der Waals surface area contributed by atoms with E-state index in [9.17, 15) is 9.59 Å². The maximum absolute atomic E-state index is 12.7. The van der Waals surface area contributed by atoms with Crippen LogP contribution in [0.5, 0.6) is 5.75 Å². The molecule has 0 bridgehead atoms. The van der Waals surface area contributed by atoms with Crippen molar-refractivity contribution in [2.24, 2.45) is 0 Å². The molecule has 2 aromatic rings. The Morgan fingerprint density at radius 2 is 1.96 bits per heavy atom. The number of benzene rings is 2. The number of hydrogen-bond acceptors (Lipinski definition) is 3. The molecule has 6 heteroatoms. The highest BCUT2D eigenvalue weighted by Crippen LogP contribution is 2.37. The van der Waals surface area contributed by atoms with Crippen LogP contribution in [0.25, 0.3) is 0 Å². The first-order valence-electron chi connectivity index (χ1n) is 8.03. The van der Waals surface area contributed by atoms with E-state index < -0.39 is 6.04 Å². The van der Waals surface area contributed by atoms with Crippen molar-refractivity contribution in [1.82, 2.24) is 5.32 Å². The van der Waals surface area contributed by atoms with Crippen LogP contribution in [0.2, 0.25) is 5.02 Å². The van der Waals surface area contributed by atoms with Gasteiger partial charge in [-0.1, -0.05) is 29.3 Å². The third kappa shape index (κ3) is 3.77. The molecule has 0 saturated heterocycles. The number of carbonyl (C=O) groups excluding carboxylic acids is 2. The topological polar surface area (TPSA) is 58.6 Å². The fourth-order valence-corrected chi connectivity index (χ4v) is 3.05. The summed E-state index contributed by atoms with van der Waals surface area (Å²) in [5, 5.41) is 3.22. The molecule has 0 spiro atoms. The van der Waals surface area contributed by atoms with Gasteiger partial charge >= 0.3 is 0 Å². The van der Waals surface area contributed by atoms with Crippen LogP contribution in [0.3, 0.4) is 0 Å². The van der Waals surface area contributed by atoms with Gasteiger partial charge < -0.3 is 15.0 Å². The van der Waals surface area contributed by atoms with Crippen molar-refractivity contribution in [3.05, 3.63) is 58.6 Å². The summed E-state index contributed by atoms with van der Waals surface area (Å²) in [5.74, 6) is 0.314.